The molecule has 0 atom stereocenters. The summed E-state index contributed by atoms with van der Waals surface area (Å²) in [6, 6.07) is 10.9. The van der Waals surface area contributed by atoms with Gasteiger partial charge in [-0.15, -0.1) is 0 Å². The molecule has 0 saturated carbocycles. The first-order valence-corrected chi connectivity index (χ1v) is 17.8. The average molecular weight is 677 g/mol. The summed E-state index contributed by atoms with van der Waals surface area (Å²) in [4.78, 5) is 46.5. The van der Waals surface area contributed by atoms with Gasteiger partial charge in [-0.25, -0.2) is 4.39 Å². The third-order valence-electron chi connectivity index (χ3n) is 10.1. The minimum absolute atomic E-state index is 0.0528. The summed E-state index contributed by atoms with van der Waals surface area (Å²) in [5.74, 6) is -1.65. The molecule has 2 aromatic rings. The maximum atomic E-state index is 14.9. The summed E-state index contributed by atoms with van der Waals surface area (Å²) in [6.45, 7) is 13.7. The number of primary amides is 1. The Kier molecular flexibility index (Phi) is 12.2. The Labute approximate surface area is 290 Å². The standard InChI is InChI=1S/C38H53FN6O4/c1-38(2,3)14-19-42-15-10-28(11-16-42)49-29-12-17-43(18-13-29)26-35(46)44-20-22-45(23-21-44)37(48)32-24-27(8-9-33(32)39)25-34(40)30-6-4-5-7-31(30)36(41)47/h4-9,24,28-29,40H,10-23,25-26H2,1-3H3,(H2,41,47). The molecule has 3 heterocycles. The van der Waals surface area contributed by atoms with E-state index in [0.29, 0.717) is 55.4 Å². The molecule has 3 aliphatic rings. The number of nitrogens with one attached hydrogen (secondary N) is 1. The topological polar surface area (TPSA) is 123 Å². The number of likely N-dealkylation sites (tertiary alicyclic amines) is 2. The van der Waals surface area contributed by atoms with Crippen LogP contribution in [0.1, 0.15) is 84.7 Å². The van der Waals surface area contributed by atoms with Crippen LogP contribution >= 0.6 is 0 Å². The van der Waals surface area contributed by atoms with Gasteiger partial charge in [-0.2, -0.15) is 0 Å². The molecule has 11 heteroatoms. The fourth-order valence-corrected chi connectivity index (χ4v) is 6.97. The van der Waals surface area contributed by atoms with E-state index >= 15 is 0 Å². The summed E-state index contributed by atoms with van der Waals surface area (Å²) >= 11 is 0. The Morgan fingerprint density at radius 1 is 0.816 bits per heavy atom. The molecule has 3 aliphatic heterocycles. The van der Waals surface area contributed by atoms with Crippen molar-refractivity contribution in [3.63, 3.8) is 0 Å². The molecule has 0 spiro atoms. The van der Waals surface area contributed by atoms with Gasteiger partial charge in [0.1, 0.15) is 5.82 Å². The maximum absolute atomic E-state index is 14.9. The van der Waals surface area contributed by atoms with Gasteiger partial charge < -0.3 is 30.6 Å². The number of rotatable bonds is 11. The van der Waals surface area contributed by atoms with E-state index in [1.807, 2.05) is 0 Å². The molecule has 3 fully saturated rings. The number of nitrogens with two attached hydrogens (primary N) is 1. The van der Waals surface area contributed by atoms with Crippen LogP contribution in [0.3, 0.4) is 0 Å². The van der Waals surface area contributed by atoms with Gasteiger partial charge in [0.25, 0.3) is 5.91 Å². The molecule has 5 rings (SSSR count). The first-order chi connectivity index (χ1) is 23.4. The molecule has 0 radical (unpaired) electrons. The molecule has 0 aliphatic carbocycles. The Hall–Kier alpha value is -3.67. The molecule has 49 heavy (non-hydrogen) atoms. The zero-order chi connectivity index (χ0) is 35.1. The van der Waals surface area contributed by atoms with E-state index in [-0.39, 0.29) is 35.3 Å². The number of amides is 3. The number of hydrogen-bond donors (Lipinski definition) is 2. The second-order valence-electron chi connectivity index (χ2n) is 15.0. The zero-order valence-corrected chi connectivity index (χ0v) is 29.4. The van der Waals surface area contributed by atoms with Crippen molar-refractivity contribution in [3.8, 4) is 0 Å². The maximum Gasteiger partial charge on any atom is 0.256 e. The van der Waals surface area contributed by atoms with Crippen LogP contribution in [-0.4, -0.2) is 121 Å². The fraction of sp³-hybridized carbons (Fsp3) is 0.579. The number of piperidine rings is 2. The van der Waals surface area contributed by atoms with E-state index < -0.39 is 17.6 Å². The fourth-order valence-electron chi connectivity index (χ4n) is 6.97. The van der Waals surface area contributed by atoms with Crippen molar-refractivity contribution in [1.29, 1.82) is 5.41 Å². The lowest BCUT2D eigenvalue weighted by Crippen LogP contribution is -2.53. The highest BCUT2D eigenvalue weighted by molar-refractivity contribution is 6.09. The highest BCUT2D eigenvalue weighted by atomic mass is 19.1. The number of benzene rings is 2. The van der Waals surface area contributed by atoms with E-state index in [4.69, 9.17) is 15.9 Å². The number of carbonyl (C=O) groups excluding carboxylic acids is 3. The zero-order valence-electron chi connectivity index (χ0n) is 29.4. The van der Waals surface area contributed by atoms with Crippen LogP contribution in [-0.2, 0) is 16.0 Å². The van der Waals surface area contributed by atoms with Gasteiger partial charge in [0.05, 0.1) is 24.3 Å². The predicted molar refractivity (Wildman–Crippen MR) is 188 cm³/mol. The van der Waals surface area contributed by atoms with Crippen LogP contribution in [0.25, 0.3) is 0 Å². The van der Waals surface area contributed by atoms with Gasteiger partial charge in [-0.3, -0.25) is 19.3 Å². The summed E-state index contributed by atoms with van der Waals surface area (Å²) < 4.78 is 21.4. The Morgan fingerprint density at radius 3 is 1.98 bits per heavy atom. The Bertz CT molecular complexity index is 1490. The number of carbonyl (C=O) groups is 3. The van der Waals surface area contributed by atoms with Crippen molar-refractivity contribution < 1.29 is 23.5 Å². The summed E-state index contributed by atoms with van der Waals surface area (Å²) in [5.41, 5.74) is 7.14. The quantitative estimate of drug-likeness (QED) is 0.344. The Morgan fingerprint density at radius 2 is 1.39 bits per heavy atom. The lowest BCUT2D eigenvalue weighted by Gasteiger charge is -2.39. The second kappa shape index (κ2) is 16.4. The van der Waals surface area contributed by atoms with E-state index in [1.165, 1.54) is 24.6 Å². The van der Waals surface area contributed by atoms with Crippen molar-refractivity contribution in [3.05, 3.63) is 70.5 Å². The number of ether oxygens (including phenoxy) is 1. The third-order valence-corrected chi connectivity index (χ3v) is 10.1. The van der Waals surface area contributed by atoms with E-state index in [2.05, 4.69) is 30.6 Å². The smallest absolute Gasteiger partial charge is 0.256 e. The lowest BCUT2D eigenvalue weighted by atomic mass is 9.91. The molecular weight excluding hydrogens is 623 g/mol. The highest BCUT2D eigenvalue weighted by Crippen LogP contribution is 2.24. The number of piperazine rings is 1. The molecule has 266 valence electrons. The third kappa shape index (κ3) is 10.2. The molecule has 2 aromatic carbocycles. The van der Waals surface area contributed by atoms with Crippen LogP contribution in [0.4, 0.5) is 4.39 Å². The predicted octanol–water partition coefficient (Wildman–Crippen LogP) is 4.20. The molecule has 3 amide bonds. The number of hydrogen-bond acceptors (Lipinski definition) is 7. The van der Waals surface area contributed by atoms with Gasteiger partial charge >= 0.3 is 0 Å². The molecule has 10 nitrogen and oxygen atoms in total. The van der Waals surface area contributed by atoms with Gasteiger partial charge in [0, 0.05) is 75.6 Å². The van der Waals surface area contributed by atoms with Crippen molar-refractivity contribution in [2.75, 3.05) is 65.4 Å². The van der Waals surface area contributed by atoms with E-state index in [1.54, 1.807) is 34.1 Å². The van der Waals surface area contributed by atoms with Gasteiger partial charge in [-0.1, -0.05) is 45.0 Å². The minimum Gasteiger partial charge on any atom is -0.375 e. The lowest BCUT2D eigenvalue weighted by molar-refractivity contribution is -0.135. The normalized spacial score (nSPS) is 18.9. The molecule has 3 saturated heterocycles. The van der Waals surface area contributed by atoms with Crippen molar-refractivity contribution >= 4 is 23.4 Å². The monoisotopic (exact) mass is 676 g/mol. The van der Waals surface area contributed by atoms with Gasteiger partial charge in [0.2, 0.25) is 11.8 Å². The first-order valence-electron chi connectivity index (χ1n) is 17.8. The average Bonchev–Trinajstić information content (AvgIpc) is 3.09. The summed E-state index contributed by atoms with van der Waals surface area (Å²) in [5, 5.41) is 8.53. The van der Waals surface area contributed by atoms with Gasteiger partial charge in [0.15, 0.2) is 0 Å². The van der Waals surface area contributed by atoms with Crippen LogP contribution in [0.5, 0.6) is 0 Å². The van der Waals surface area contributed by atoms with Crippen molar-refractivity contribution in [2.45, 2.75) is 71.5 Å². The molecule has 3 N–H and O–H groups in total. The highest BCUT2D eigenvalue weighted by Gasteiger charge is 2.30. The summed E-state index contributed by atoms with van der Waals surface area (Å²) in [7, 11) is 0. The van der Waals surface area contributed by atoms with E-state index in [9.17, 15) is 18.8 Å². The second-order valence-corrected chi connectivity index (χ2v) is 15.0. The first kappa shape index (κ1) is 36.6. The molecular formula is C38H53FN6O4. The van der Waals surface area contributed by atoms with Crippen molar-refractivity contribution in [2.24, 2.45) is 11.1 Å². The number of nitrogens with zero attached hydrogens (tertiary/aromatic N) is 4. The van der Waals surface area contributed by atoms with Crippen LogP contribution in [0.15, 0.2) is 42.5 Å². The Balaban J connectivity index is 1.03. The van der Waals surface area contributed by atoms with Crippen LogP contribution < -0.4 is 5.73 Å². The van der Waals surface area contributed by atoms with Crippen LogP contribution in [0.2, 0.25) is 0 Å². The van der Waals surface area contributed by atoms with E-state index in [0.717, 1.165) is 58.4 Å². The van der Waals surface area contributed by atoms with Crippen LogP contribution in [0, 0.1) is 16.6 Å². The molecule has 0 unspecified atom stereocenters. The number of halogens is 1. The largest absolute Gasteiger partial charge is 0.375 e. The van der Waals surface area contributed by atoms with Gasteiger partial charge in [-0.05, 0) is 67.8 Å². The SMILES string of the molecule is CC(C)(C)CCN1CCC(OC2CCN(CC(=O)N3CCN(C(=O)c4cc(CC(=N)c5ccccc5C(N)=O)ccc4F)CC3)CC2)CC1. The van der Waals surface area contributed by atoms with Crippen molar-refractivity contribution in [1.82, 2.24) is 19.6 Å². The minimum atomic E-state index is -0.634. The molecule has 0 bridgehead atoms. The summed E-state index contributed by atoms with van der Waals surface area (Å²) in [6.07, 6.45) is 5.95. The molecule has 0 aromatic heterocycles.